The number of hydrogen-bond acceptors (Lipinski definition) is 8. The van der Waals surface area contributed by atoms with Crippen LogP contribution in [0.25, 0.3) is 16.8 Å². The first-order chi connectivity index (χ1) is 26.1. The number of rotatable bonds is 12. The second-order valence-corrected chi connectivity index (χ2v) is 14.5. The number of alkyl halides is 10. The third kappa shape index (κ3) is 9.60. The third-order valence-electron chi connectivity index (χ3n) is 8.75. The van der Waals surface area contributed by atoms with Crippen LogP contribution in [0.15, 0.2) is 42.7 Å². The van der Waals surface area contributed by atoms with Crippen LogP contribution in [0.2, 0.25) is 10.0 Å². The fourth-order valence-corrected chi connectivity index (χ4v) is 6.07. The molecule has 3 aromatic rings. The quantitative estimate of drug-likeness (QED) is 0.107. The van der Waals surface area contributed by atoms with E-state index in [9.17, 15) is 68.7 Å². The van der Waals surface area contributed by atoms with Crippen LogP contribution in [0.5, 0.6) is 5.75 Å². The number of halogens is 12. The predicted molar refractivity (Wildman–Crippen MR) is 177 cm³/mol. The van der Waals surface area contributed by atoms with Gasteiger partial charge < -0.3 is 19.3 Å². The summed E-state index contributed by atoms with van der Waals surface area (Å²) in [6.07, 6.45) is -18.4. The Morgan fingerprint density at radius 3 is 2.07 bits per heavy atom. The highest BCUT2D eigenvalue weighted by Gasteiger charge is 2.73. The molecule has 310 valence electrons. The summed E-state index contributed by atoms with van der Waals surface area (Å²) in [4.78, 5) is 38.7. The van der Waals surface area contributed by atoms with E-state index < -0.39 is 94.1 Å². The molecular weight excluding hydrogens is 837 g/mol. The van der Waals surface area contributed by atoms with Crippen LogP contribution in [-0.2, 0) is 19.9 Å². The average Bonchev–Trinajstić information content (AvgIpc) is 3.71. The zero-order valence-corrected chi connectivity index (χ0v) is 30.9. The standard InChI is InChI=1S/C34H28Cl2F10N4O7/c1-29(2,3)21(27(52)53)6-9-55-28(54)56-16-49(30(15-47)7-8-30)26(51)20-10-17(4-5-22(20)35)18-13-48-50(14-18)25-23(36)11-19(12-24(25)57-34(44,45)46)31(37,32(38,39)40)33(41,42)43/h4-5,10-14,21H,6-9,16H2,1-3H3,(H,52,53). The van der Waals surface area contributed by atoms with Crippen molar-refractivity contribution in [2.75, 3.05) is 13.3 Å². The van der Waals surface area contributed by atoms with E-state index in [0.29, 0.717) is 4.68 Å². The molecule has 1 unspecified atom stereocenters. The molecule has 2 aromatic carbocycles. The van der Waals surface area contributed by atoms with Crippen molar-refractivity contribution in [3.05, 3.63) is 63.9 Å². The Kier molecular flexibility index (Phi) is 12.4. The van der Waals surface area contributed by atoms with Gasteiger partial charge in [-0.25, -0.2) is 13.9 Å². The Morgan fingerprint density at radius 1 is 0.947 bits per heavy atom. The zero-order valence-electron chi connectivity index (χ0n) is 29.4. The lowest BCUT2D eigenvalue weighted by atomic mass is 9.79. The van der Waals surface area contributed by atoms with Gasteiger partial charge in [0.05, 0.1) is 40.4 Å². The van der Waals surface area contributed by atoms with Crippen molar-refractivity contribution in [1.82, 2.24) is 14.7 Å². The summed E-state index contributed by atoms with van der Waals surface area (Å²) in [6, 6.07) is 4.90. The van der Waals surface area contributed by atoms with Crippen LogP contribution in [0.1, 0.15) is 56.0 Å². The number of ether oxygens (including phenoxy) is 3. The van der Waals surface area contributed by atoms with Crippen LogP contribution in [0.4, 0.5) is 48.7 Å². The van der Waals surface area contributed by atoms with Gasteiger partial charge in [0.25, 0.3) is 5.91 Å². The summed E-state index contributed by atoms with van der Waals surface area (Å²) in [5.74, 6) is -4.75. The predicted octanol–water partition coefficient (Wildman–Crippen LogP) is 9.78. The second kappa shape index (κ2) is 15.8. The Balaban J connectivity index is 1.65. The number of amides is 1. The molecule has 1 N–H and O–H groups in total. The minimum atomic E-state index is -6.70. The van der Waals surface area contributed by atoms with E-state index in [2.05, 4.69) is 9.84 Å². The summed E-state index contributed by atoms with van der Waals surface area (Å²) in [7, 11) is 0. The second-order valence-electron chi connectivity index (χ2n) is 13.7. The Hall–Kier alpha value is -4.97. The van der Waals surface area contributed by atoms with Gasteiger partial charge in [0.2, 0.25) is 0 Å². The van der Waals surface area contributed by atoms with Gasteiger partial charge >= 0.3 is 36.5 Å². The molecule has 1 atom stereocenters. The highest BCUT2D eigenvalue weighted by atomic mass is 35.5. The topological polar surface area (TPSA) is 144 Å². The van der Waals surface area contributed by atoms with Crippen molar-refractivity contribution in [1.29, 1.82) is 5.26 Å². The molecule has 0 radical (unpaired) electrons. The van der Waals surface area contributed by atoms with Crippen molar-refractivity contribution in [3.8, 4) is 28.6 Å². The molecule has 1 aromatic heterocycles. The molecule has 57 heavy (non-hydrogen) atoms. The van der Waals surface area contributed by atoms with Crippen molar-refractivity contribution >= 4 is 41.2 Å². The number of aliphatic carboxylic acids is 1. The van der Waals surface area contributed by atoms with Gasteiger partial charge in [-0.1, -0.05) is 50.0 Å². The first kappa shape index (κ1) is 44.7. The summed E-state index contributed by atoms with van der Waals surface area (Å²) >= 11 is 12.2. The first-order valence-corrected chi connectivity index (χ1v) is 16.8. The molecule has 0 bridgehead atoms. The van der Waals surface area contributed by atoms with Gasteiger partial charge in [-0.3, -0.25) is 14.5 Å². The summed E-state index contributed by atoms with van der Waals surface area (Å²) < 4.78 is 150. The van der Waals surface area contributed by atoms with Crippen LogP contribution < -0.4 is 4.74 Å². The Morgan fingerprint density at radius 2 is 1.56 bits per heavy atom. The average molecular weight is 866 g/mol. The van der Waals surface area contributed by atoms with E-state index in [-0.39, 0.29) is 53.6 Å². The van der Waals surface area contributed by atoms with Crippen molar-refractivity contribution in [2.24, 2.45) is 11.3 Å². The molecule has 4 rings (SSSR count). The van der Waals surface area contributed by atoms with E-state index in [4.69, 9.17) is 32.7 Å². The highest BCUT2D eigenvalue weighted by Crippen LogP contribution is 2.55. The number of nitriles is 1. The number of benzene rings is 2. The molecule has 1 aliphatic carbocycles. The maximum absolute atomic E-state index is 14.8. The van der Waals surface area contributed by atoms with Crippen molar-refractivity contribution < 1.29 is 77.6 Å². The van der Waals surface area contributed by atoms with E-state index in [1.165, 1.54) is 12.1 Å². The molecule has 1 fully saturated rings. The minimum Gasteiger partial charge on any atom is -0.481 e. The number of aromatic nitrogens is 2. The van der Waals surface area contributed by atoms with Gasteiger partial charge in [-0.2, -0.15) is 36.7 Å². The van der Waals surface area contributed by atoms with E-state index in [0.717, 1.165) is 23.4 Å². The molecule has 1 amide bonds. The van der Waals surface area contributed by atoms with Gasteiger partial charge in [0, 0.05) is 17.3 Å². The third-order valence-corrected chi connectivity index (χ3v) is 9.37. The van der Waals surface area contributed by atoms with Gasteiger partial charge in [0.15, 0.2) is 12.5 Å². The minimum absolute atomic E-state index is 0.0332. The molecule has 11 nitrogen and oxygen atoms in total. The number of carbonyl (C=O) groups excluding carboxylic acids is 2. The highest BCUT2D eigenvalue weighted by molar-refractivity contribution is 6.34. The van der Waals surface area contributed by atoms with Crippen LogP contribution in [-0.4, -0.2) is 75.4 Å². The maximum Gasteiger partial charge on any atom is 0.573 e. The Bertz CT molecular complexity index is 2060. The molecule has 0 spiro atoms. The summed E-state index contributed by atoms with van der Waals surface area (Å²) in [6.45, 7) is 3.85. The lowest BCUT2D eigenvalue weighted by molar-refractivity contribution is -0.348. The number of carbonyl (C=O) groups is 3. The summed E-state index contributed by atoms with van der Waals surface area (Å²) in [5.41, 5.74) is -12.1. The molecule has 1 heterocycles. The SMILES string of the molecule is CC(C)(C)C(CCOC(=O)OCN(C(=O)c1cc(-c2cnn(-c3c(Cl)cc(C(F)(C(F)(F)F)C(F)(F)F)cc3OC(F)(F)F)c2)ccc1Cl)C1(C#N)CC1)C(=O)O. The number of nitrogens with zero attached hydrogens (tertiary/aromatic N) is 4. The number of carboxylic acid groups (broad SMARTS) is 1. The first-order valence-electron chi connectivity index (χ1n) is 16.1. The molecule has 1 aliphatic rings. The fourth-order valence-electron chi connectivity index (χ4n) is 5.58. The van der Waals surface area contributed by atoms with Crippen LogP contribution in [0.3, 0.4) is 0 Å². The molecule has 1 saturated carbocycles. The molecule has 0 aliphatic heterocycles. The van der Waals surface area contributed by atoms with Gasteiger partial charge in [-0.15, -0.1) is 13.2 Å². The van der Waals surface area contributed by atoms with Gasteiger partial charge in [-0.05, 0) is 54.5 Å². The molecular formula is C34H28Cl2F10N4O7. The Labute approximate surface area is 325 Å². The van der Waals surface area contributed by atoms with E-state index >= 15 is 0 Å². The number of hydrogen-bond donors (Lipinski definition) is 1. The van der Waals surface area contributed by atoms with E-state index in [1.54, 1.807) is 20.8 Å². The van der Waals surface area contributed by atoms with Crippen LogP contribution in [0, 0.1) is 22.7 Å². The maximum atomic E-state index is 14.8. The van der Waals surface area contributed by atoms with Crippen molar-refractivity contribution in [3.63, 3.8) is 0 Å². The fraction of sp³-hybridized carbons (Fsp3) is 0.441. The largest absolute Gasteiger partial charge is 0.573 e. The van der Waals surface area contributed by atoms with Gasteiger partial charge in [0.1, 0.15) is 11.2 Å². The monoisotopic (exact) mass is 864 g/mol. The smallest absolute Gasteiger partial charge is 0.481 e. The summed E-state index contributed by atoms with van der Waals surface area (Å²) in [5, 5.41) is 21.6. The van der Waals surface area contributed by atoms with E-state index in [1.807, 2.05) is 6.07 Å². The normalized spacial score (nSPS) is 15.0. The van der Waals surface area contributed by atoms with Crippen molar-refractivity contribution in [2.45, 2.75) is 70.0 Å². The molecule has 23 heteroatoms. The molecule has 0 saturated heterocycles. The zero-order chi connectivity index (χ0) is 43.1. The lowest BCUT2D eigenvalue weighted by Crippen LogP contribution is -2.50. The lowest BCUT2D eigenvalue weighted by Gasteiger charge is -2.31. The number of carboxylic acids is 1. The van der Waals surface area contributed by atoms with Crippen LogP contribution >= 0.6 is 23.2 Å².